The van der Waals surface area contributed by atoms with Gasteiger partial charge < -0.3 is 9.80 Å². The average molecular weight is 577 g/mol. The smallest absolute Gasteiger partial charge is 0.339 e. The number of halogens is 3. The molecule has 2 aliphatic rings. The Balaban J connectivity index is 1.56. The van der Waals surface area contributed by atoms with Gasteiger partial charge in [0.25, 0.3) is 0 Å². The summed E-state index contributed by atoms with van der Waals surface area (Å²) >= 11 is 0. The molecule has 1 aliphatic carbocycles. The number of benzene rings is 2. The molecular weight excluding hydrogens is 537 g/mol. The molecule has 0 spiro atoms. The predicted octanol–water partition coefficient (Wildman–Crippen LogP) is 6.31. The summed E-state index contributed by atoms with van der Waals surface area (Å²) in [5.74, 6) is -0.773. The van der Waals surface area contributed by atoms with E-state index in [-0.39, 0.29) is 29.7 Å². The normalized spacial score (nSPS) is 24.8. The van der Waals surface area contributed by atoms with Crippen molar-refractivity contribution in [1.29, 1.82) is 0 Å². The van der Waals surface area contributed by atoms with Crippen LogP contribution in [-0.2, 0) is 20.8 Å². The maximum atomic E-state index is 13.6. The van der Waals surface area contributed by atoms with E-state index < -0.39 is 27.5 Å². The van der Waals surface area contributed by atoms with E-state index in [9.17, 15) is 26.4 Å². The summed E-state index contributed by atoms with van der Waals surface area (Å²) < 4.78 is 66.5. The Bertz CT molecular complexity index is 1320. The molecule has 5 nitrogen and oxygen atoms in total. The second-order valence-electron chi connectivity index (χ2n) is 11.5. The van der Waals surface area contributed by atoms with Gasteiger partial charge in [0.1, 0.15) is 0 Å². The predicted molar refractivity (Wildman–Crippen MR) is 151 cm³/mol. The Morgan fingerprint density at radius 3 is 2.42 bits per heavy atom. The minimum Gasteiger partial charge on any atom is -0.339 e. The van der Waals surface area contributed by atoms with Crippen molar-refractivity contribution in [2.45, 2.75) is 75.7 Å². The molecule has 0 N–H and O–H groups in total. The molecule has 4 rings (SSSR count). The molecule has 9 heteroatoms. The van der Waals surface area contributed by atoms with E-state index in [0.29, 0.717) is 47.9 Å². The molecule has 0 bridgehead atoms. The van der Waals surface area contributed by atoms with Crippen LogP contribution in [0.25, 0.3) is 5.57 Å². The van der Waals surface area contributed by atoms with Crippen molar-refractivity contribution in [3.8, 4) is 0 Å². The molecule has 1 aliphatic heterocycles. The summed E-state index contributed by atoms with van der Waals surface area (Å²) in [6, 6.07) is 13.9. The van der Waals surface area contributed by atoms with Gasteiger partial charge >= 0.3 is 6.18 Å². The molecule has 2 fully saturated rings. The van der Waals surface area contributed by atoms with E-state index in [1.54, 1.807) is 49.4 Å². The van der Waals surface area contributed by atoms with Gasteiger partial charge in [-0.1, -0.05) is 36.4 Å². The molecule has 1 saturated carbocycles. The molecule has 2 aromatic carbocycles. The van der Waals surface area contributed by atoms with Gasteiger partial charge in [-0.25, -0.2) is 8.42 Å². The number of allylic oxidation sites excluding steroid dienone is 1. The van der Waals surface area contributed by atoms with Gasteiger partial charge in [0.05, 0.1) is 22.1 Å². The van der Waals surface area contributed by atoms with Crippen molar-refractivity contribution in [3.05, 3.63) is 71.8 Å². The summed E-state index contributed by atoms with van der Waals surface area (Å²) in [5, 5.41) is 0. The average Bonchev–Trinajstić information content (AvgIpc) is 3.27. The standard InChI is InChI=1S/C31H39F3N2O3S/c1-21(2)35(4)27-13-14-29(25(19-27)20-40(38,39)28-11-6-5-7-12-28)36-16-15-24(30(36)37)17-22(3)23-9-8-10-26(18-23)31(32,33)34/h5-12,17-18,21,24-25,27,29H,13-16,19-20H2,1-4H3/b22-17+/t24-,25+,27?,29?/m1/s1. The second-order valence-corrected chi connectivity index (χ2v) is 13.5. The highest BCUT2D eigenvalue weighted by Crippen LogP contribution is 2.38. The number of nitrogens with zero attached hydrogens (tertiary/aromatic N) is 2. The molecule has 218 valence electrons. The quantitative estimate of drug-likeness (QED) is 0.370. The number of carbonyl (C=O) groups is 1. The molecule has 1 heterocycles. The Kier molecular flexibility index (Phi) is 9.15. The van der Waals surface area contributed by atoms with Gasteiger partial charge in [-0.15, -0.1) is 0 Å². The van der Waals surface area contributed by atoms with Crippen LogP contribution in [0.2, 0.25) is 0 Å². The largest absolute Gasteiger partial charge is 0.416 e. The Labute approximate surface area is 236 Å². The van der Waals surface area contributed by atoms with E-state index >= 15 is 0 Å². The van der Waals surface area contributed by atoms with E-state index in [2.05, 4.69) is 25.8 Å². The van der Waals surface area contributed by atoms with Crippen LogP contribution < -0.4 is 0 Å². The zero-order chi connectivity index (χ0) is 29.2. The molecule has 1 amide bonds. The molecular formula is C31H39F3N2O3S. The van der Waals surface area contributed by atoms with Gasteiger partial charge in [-0.3, -0.25) is 4.79 Å². The highest BCUT2D eigenvalue weighted by molar-refractivity contribution is 7.91. The van der Waals surface area contributed by atoms with E-state index in [1.165, 1.54) is 6.07 Å². The van der Waals surface area contributed by atoms with Crippen molar-refractivity contribution in [2.24, 2.45) is 11.8 Å². The molecule has 0 aromatic heterocycles. The Morgan fingerprint density at radius 2 is 1.77 bits per heavy atom. The van der Waals surface area contributed by atoms with Gasteiger partial charge in [-0.05, 0) is 94.8 Å². The lowest BCUT2D eigenvalue weighted by molar-refractivity contribution is -0.137. The first-order valence-corrected chi connectivity index (χ1v) is 15.6. The number of likely N-dealkylation sites (tertiary alicyclic amines) is 1. The summed E-state index contributed by atoms with van der Waals surface area (Å²) in [5.41, 5.74) is 0.338. The summed E-state index contributed by atoms with van der Waals surface area (Å²) in [7, 11) is -1.49. The first-order chi connectivity index (χ1) is 18.8. The van der Waals surface area contributed by atoms with Gasteiger partial charge in [0.15, 0.2) is 9.84 Å². The number of rotatable bonds is 8. The van der Waals surface area contributed by atoms with Crippen LogP contribution in [0.5, 0.6) is 0 Å². The van der Waals surface area contributed by atoms with Gasteiger partial charge in [0.2, 0.25) is 5.91 Å². The Morgan fingerprint density at radius 1 is 1.07 bits per heavy atom. The third kappa shape index (κ3) is 6.79. The van der Waals surface area contributed by atoms with E-state index in [0.717, 1.165) is 18.6 Å². The topological polar surface area (TPSA) is 57.7 Å². The van der Waals surface area contributed by atoms with E-state index in [1.807, 2.05) is 4.90 Å². The van der Waals surface area contributed by atoms with Crippen LogP contribution in [0, 0.1) is 11.8 Å². The maximum absolute atomic E-state index is 13.6. The maximum Gasteiger partial charge on any atom is 0.416 e. The van der Waals surface area contributed by atoms with Crippen LogP contribution in [0.4, 0.5) is 13.2 Å². The third-order valence-corrected chi connectivity index (χ3v) is 10.5. The van der Waals surface area contributed by atoms with Crippen LogP contribution >= 0.6 is 0 Å². The molecule has 2 aromatic rings. The van der Waals surface area contributed by atoms with Crippen LogP contribution in [0.15, 0.2) is 65.6 Å². The van der Waals surface area contributed by atoms with Crippen LogP contribution in [-0.4, -0.2) is 61.6 Å². The van der Waals surface area contributed by atoms with Gasteiger partial charge in [-0.2, -0.15) is 13.2 Å². The molecule has 0 radical (unpaired) electrons. The molecule has 40 heavy (non-hydrogen) atoms. The fraction of sp³-hybridized carbons (Fsp3) is 0.516. The third-order valence-electron chi connectivity index (χ3n) is 8.62. The van der Waals surface area contributed by atoms with Crippen molar-refractivity contribution in [2.75, 3.05) is 19.3 Å². The lowest BCUT2D eigenvalue weighted by atomic mass is 9.81. The van der Waals surface area contributed by atoms with E-state index in [4.69, 9.17) is 0 Å². The van der Waals surface area contributed by atoms with Gasteiger partial charge in [0, 0.05) is 24.7 Å². The number of hydrogen-bond acceptors (Lipinski definition) is 4. The number of carbonyl (C=O) groups excluding carboxylic acids is 1. The number of hydrogen-bond donors (Lipinski definition) is 0. The first-order valence-electron chi connectivity index (χ1n) is 13.9. The lowest BCUT2D eigenvalue weighted by Crippen LogP contribution is -2.51. The van der Waals surface area contributed by atoms with Crippen molar-refractivity contribution in [1.82, 2.24) is 9.80 Å². The lowest BCUT2D eigenvalue weighted by Gasteiger charge is -2.44. The molecule has 1 saturated heterocycles. The first kappa shape index (κ1) is 30.3. The molecule has 4 atom stereocenters. The van der Waals surface area contributed by atoms with Crippen LogP contribution in [0.3, 0.4) is 0 Å². The number of amides is 1. The monoisotopic (exact) mass is 576 g/mol. The van der Waals surface area contributed by atoms with Crippen molar-refractivity contribution < 1.29 is 26.4 Å². The minimum atomic E-state index is -4.44. The summed E-state index contributed by atoms with van der Waals surface area (Å²) in [4.78, 5) is 18.1. The highest BCUT2D eigenvalue weighted by Gasteiger charge is 2.43. The summed E-state index contributed by atoms with van der Waals surface area (Å²) in [6.45, 7) is 6.48. The molecule has 2 unspecified atom stereocenters. The number of sulfone groups is 1. The highest BCUT2D eigenvalue weighted by atomic mass is 32.2. The summed E-state index contributed by atoms with van der Waals surface area (Å²) in [6.07, 6.45) is 0.151. The minimum absolute atomic E-state index is 0.0301. The second kappa shape index (κ2) is 12.1. The fourth-order valence-electron chi connectivity index (χ4n) is 6.16. The zero-order valence-corrected chi connectivity index (χ0v) is 24.4. The zero-order valence-electron chi connectivity index (χ0n) is 23.6. The number of alkyl halides is 3. The van der Waals surface area contributed by atoms with Crippen molar-refractivity contribution in [3.63, 3.8) is 0 Å². The fourth-order valence-corrected chi connectivity index (χ4v) is 7.84. The Hall–Kier alpha value is -2.65. The SMILES string of the molecule is C/C(=C\[C@H]1CCN(C2CCC(N(C)C(C)C)C[C@H]2CS(=O)(=O)c2ccccc2)C1=O)c1cccc(C(F)(F)F)c1. The van der Waals surface area contributed by atoms with Crippen LogP contribution in [0.1, 0.15) is 57.6 Å². The van der Waals surface area contributed by atoms with Crippen molar-refractivity contribution >= 4 is 21.3 Å².